The maximum Gasteiger partial charge on any atom is 0.333 e. The Labute approximate surface area is 147 Å². The molecule has 0 aromatic carbocycles. The molecule has 0 saturated carbocycles. The van der Waals surface area contributed by atoms with E-state index < -0.39 is 0 Å². The van der Waals surface area contributed by atoms with Crippen LogP contribution in [0.4, 0.5) is 0 Å². The molecule has 0 N–H and O–H groups in total. The van der Waals surface area contributed by atoms with Gasteiger partial charge < -0.3 is 4.74 Å². The summed E-state index contributed by atoms with van der Waals surface area (Å²) >= 11 is 5.33. The van der Waals surface area contributed by atoms with Crippen molar-refractivity contribution in [3.8, 4) is 19.5 Å². The molecule has 3 heterocycles. The van der Waals surface area contributed by atoms with E-state index in [4.69, 9.17) is 4.74 Å². The minimum Gasteiger partial charge on any atom is -0.462 e. The van der Waals surface area contributed by atoms with Crippen molar-refractivity contribution in [1.29, 1.82) is 0 Å². The van der Waals surface area contributed by atoms with Crippen LogP contribution in [0.5, 0.6) is 0 Å². The summed E-state index contributed by atoms with van der Waals surface area (Å²) in [6, 6.07) is 12.8. The predicted octanol–water partition coefficient (Wildman–Crippen LogP) is 5.87. The van der Waals surface area contributed by atoms with E-state index >= 15 is 0 Å². The van der Waals surface area contributed by atoms with Crippen LogP contribution in [0.25, 0.3) is 19.5 Å². The Hall–Kier alpha value is -1.69. The Kier molecular flexibility index (Phi) is 5.10. The van der Waals surface area contributed by atoms with Crippen molar-refractivity contribution >= 4 is 40.0 Å². The third kappa shape index (κ3) is 3.99. The molecular weight excluding hydrogens is 344 g/mol. The van der Waals surface area contributed by atoms with Gasteiger partial charge in [0.1, 0.15) is 0 Å². The van der Waals surface area contributed by atoms with Gasteiger partial charge in [0.2, 0.25) is 0 Å². The van der Waals surface area contributed by atoms with Gasteiger partial charge in [0.15, 0.2) is 0 Å². The molecule has 3 aromatic rings. The summed E-state index contributed by atoms with van der Waals surface area (Å²) < 4.78 is 5.15. The van der Waals surface area contributed by atoms with Gasteiger partial charge in [-0.3, -0.25) is 0 Å². The second kappa shape index (κ2) is 7.25. The molecule has 0 aliphatic rings. The molecule has 0 bridgehead atoms. The summed E-state index contributed by atoms with van der Waals surface area (Å²) in [6.45, 7) is 5.64. The van der Waals surface area contributed by atoms with Gasteiger partial charge in [-0.15, -0.1) is 34.0 Å². The summed E-state index contributed by atoms with van der Waals surface area (Å²) in [7, 11) is 0. The Morgan fingerprint density at radius 2 is 1.74 bits per heavy atom. The minimum atomic E-state index is -0.319. The number of hydrogen-bond donors (Lipinski definition) is 0. The first kappa shape index (κ1) is 16.2. The highest BCUT2D eigenvalue weighted by atomic mass is 32.1. The van der Waals surface area contributed by atoms with Gasteiger partial charge in [0.25, 0.3) is 0 Å². The van der Waals surface area contributed by atoms with Crippen LogP contribution >= 0.6 is 34.0 Å². The molecule has 2 nitrogen and oxygen atoms in total. The summed E-state index contributed by atoms with van der Waals surface area (Å²) in [5.74, 6) is -0.319. The van der Waals surface area contributed by atoms with Crippen LogP contribution in [0.3, 0.4) is 0 Å². The Morgan fingerprint density at radius 1 is 1.04 bits per heavy atom. The lowest BCUT2D eigenvalue weighted by atomic mass is 10.3. The highest BCUT2D eigenvalue weighted by Gasteiger charge is 2.09. The van der Waals surface area contributed by atoms with E-state index in [2.05, 4.69) is 48.4 Å². The van der Waals surface area contributed by atoms with Crippen molar-refractivity contribution in [3.63, 3.8) is 0 Å². The second-order valence-corrected chi connectivity index (χ2v) is 8.27. The zero-order valence-electron chi connectivity index (χ0n) is 12.7. The third-order valence-corrected chi connectivity index (χ3v) is 6.70. The fourth-order valence-corrected chi connectivity index (χ4v) is 4.95. The van der Waals surface area contributed by atoms with E-state index in [0.29, 0.717) is 12.2 Å². The number of carbonyl (C=O) groups excluding carboxylic acids is 1. The number of thiophene rings is 3. The first-order valence-corrected chi connectivity index (χ1v) is 9.70. The van der Waals surface area contributed by atoms with Gasteiger partial charge in [-0.25, -0.2) is 4.79 Å². The lowest BCUT2D eigenvalue weighted by molar-refractivity contribution is -0.138. The van der Waals surface area contributed by atoms with Crippen LogP contribution in [-0.2, 0) is 16.0 Å². The molecule has 0 spiro atoms. The fraction of sp³-hybridized carbons (Fsp3) is 0.167. The Bertz CT molecular complexity index is 809. The molecule has 0 amide bonds. The van der Waals surface area contributed by atoms with Gasteiger partial charge in [0, 0.05) is 36.4 Å². The number of rotatable bonds is 6. The number of carbonyl (C=O) groups is 1. The van der Waals surface area contributed by atoms with Crippen LogP contribution in [0.2, 0.25) is 0 Å². The lowest BCUT2D eigenvalue weighted by Crippen LogP contribution is -2.07. The number of ether oxygens (including phenoxy) is 1. The van der Waals surface area contributed by atoms with Gasteiger partial charge in [0.05, 0.1) is 6.61 Å². The van der Waals surface area contributed by atoms with Crippen LogP contribution < -0.4 is 0 Å². The van der Waals surface area contributed by atoms with Crippen molar-refractivity contribution < 1.29 is 9.53 Å². The Morgan fingerprint density at radius 3 is 2.43 bits per heavy atom. The van der Waals surface area contributed by atoms with Crippen LogP contribution in [-0.4, -0.2) is 12.6 Å². The van der Waals surface area contributed by atoms with E-state index in [1.54, 1.807) is 29.6 Å². The molecular formula is C18H16O2S3. The molecule has 0 radical (unpaired) electrons. The topological polar surface area (TPSA) is 26.3 Å². The summed E-state index contributed by atoms with van der Waals surface area (Å²) in [5, 5.41) is 2.10. The molecule has 0 unspecified atom stereocenters. The maximum absolute atomic E-state index is 11.4. The van der Waals surface area contributed by atoms with Gasteiger partial charge in [-0.05, 0) is 42.6 Å². The average Bonchev–Trinajstić information content (AvgIpc) is 3.27. The van der Waals surface area contributed by atoms with Gasteiger partial charge in [-0.2, -0.15) is 0 Å². The fourth-order valence-electron chi connectivity index (χ4n) is 2.03. The first-order valence-electron chi connectivity index (χ1n) is 7.19. The van der Waals surface area contributed by atoms with E-state index in [9.17, 15) is 4.79 Å². The zero-order chi connectivity index (χ0) is 16.2. The smallest absolute Gasteiger partial charge is 0.333 e. The SMILES string of the molecule is C=C(C)C(=O)OCCc1ccc(-c2ccc(-c3cccs3)s2)s1. The standard InChI is InChI=1S/C18H16O2S3/c1-12(2)18(19)20-10-9-13-5-6-16(22-13)17-8-7-15(23-17)14-4-3-11-21-14/h3-8,11H,1,9-10H2,2H3. The van der Waals surface area contributed by atoms with Crippen molar-refractivity contribution in [3.05, 3.63) is 58.8 Å². The first-order chi connectivity index (χ1) is 11.1. The molecule has 23 heavy (non-hydrogen) atoms. The van der Waals surface area contributed by atoms with Crippen LogP contribution in [0, 0.1) is 0 Å². The summed E-state index contributed by atoms with van der Waals surface area (Å²) in [4.78, 5) is 17.7. The largest absolute Gasteiger partial charge is 0.462 e. The lowest BCUT2D eigenvalue weighted by Gasteiger charge is -2.02. The molecule has 0 aliphatic heterocycles. The van der Waals surface area contributed by atoms with E-state index in [1.165, 1.54) is 24.4 Å². The quantitative estimate of drug-likeness (QED) is 0.406. The van der Waals surface area contributed by atoms with Crippen molar-refractivity contribution in [2.75, 3.05) is 6.61 Å². The van der Waals surface area contributed by atoms with Crippen molar-refractivity contribution in [1.82, 2.24) is 0 Å². The predicted molar refractivity (Wildman–Crippen MR) is 100 cm³/mol. The molecule has 0 atom stereocenters. The summed E-state index contributed by atoms with van der Waals surface area (Å²) in [6.07, 6.45) is 0.743. The second-order valence-electron chi connectivity index (χ2n) is 5.07. The van der Waals surface area contributed by atoms with Crippen molar-refractivity contribution in [2.24, 2.45) is 0 Å². The normalized spacial score (nSPS) is 10.7. The highest BCUT2D eigenvalue weighted by molar-refractivity contribution is 7.26. The molecule has 5 heteroatoms. The van der Waals surface area contributed by atoms with E-state index in [0.717, 1.165) is 6.42 Å². The third-order valence-electron chi connectivity index (χ3n) is 3.20. The molecule has 0 fully saturated rings. The molecule has 3 rings (SSSR count). The summed E-state index contributed by atoms with van der Waals surface area (Å²) in [5.41, 5.74) is 0.441. The van der Waals surface area contributed by atoms with Crippen molar-refractivity contribution in [2.45, 2.75) is 13.3 Å². The van der Waals surface area contributed by atoms with Gasteiger partial charge >= 0.3 is 5.97 Å². The van der Waals surface area contributed by atoms with Crippen LogP contribution in [0.1, 0.15) is 11.8 Å². The monoisotopic (exact) mass is 360 g/mol. The van der Waals surface area contributed by atoms with E-state index in [1.807, 2.05) is 11.3 Å². The average molecular weight is 361 g/mol. The maximum atomic E-state index is 11.4. The number of esters is 1. The minimum absolute atomic E-state index is 0.319. The molecule has 3 aromatic heterocycles. The highest BCUT2D eigenvalue weighted by Crippen LogP contribution is 2.39. The molecule has 0 saturated heterocycles. The Balaban J connectivity index is 1.63. The van der Waals surface area contributed by atoms with Crippen LogP contribution in [0.15, 0.2) is 53.9 Å². The number of hydrogen-bond acceptors (Lipinski definition) is 5. The molecule has 118 valence electrons. The zero-order valence-corrected chi connectivity index (χ0v) is 15.2. The van der Waals surface area contributed by atoms with E-state index in [-0.39, 0.29) is 5.97 Å². The van der Waals surface area contributed by atoms with Gasteiger partial charge in [-0.1, -0.05) is 12.6 Å². The molecule has 0 aliphatic carbocycles.